The molecule has 3 heteroatoms. The maximum absolute atomic E-state index is 10.5. The van der Waals surface area contributed by atoms with Crippen molar-refractivity contribution in [2.75, 3.05) is 0 Å². The minimum absolute atomic E-state index is 0.491. The second-order valence-corrected chi connectivity index (χ2v) is 5.12. The van der Waals surface area contributed by atoms with Crippen LogP contribution in [0.4, 0.5) is 0 Å². The molecule has 2 rings (SSSR count). The standard InChI is InChI=1S/C17H24N2O/c1-4-13-7-9-14(10-8-13)11-17(20)16-12-15(5-2)18-19(16)6-3/h7-10,12,17,20H,4-6,11H2,1-3H3. The molecule has 1 heterocycles. The van der Waals surface area contributed by atoms with E-state index in [1.54, 1.807) is 0 Å². The zero-order valence-electron chi connectivity index (χ0n) is 12.6. The van der Waals surface area contributed by atoms with Crippen LogP contribution in [-0.4, -0.2) is 14.9 Å². The van der Waals surface area contributed by atoms with E-state index in [1.165, 1.54) is 5.56 Å². The average Bonchev–Trinajstić information content (AvgIpc) is 2.91. The van der Waals surface area contributed by atoms with Gasteiger partial charge in [-0.05, 0) is 37.0 Å². The van der Waals surface area contributed by atoms with Gasteiger partial charge >= 0.3 is 0 Å². The molecule has 0 fully saturated rings. The quantitative estimate of drug-likeness (QED) is 0.876. The molecule has 0 saturated heterocycles. The Bertz CT molecular complexity index is 543. The van der Waals surface area contributed by atoms with Crippen molar-refractivity contribution >= 4 is 0 Å². The number of hydrogen-bond acceptors (Lipinski definition) is 2. The molecule has 20 heavy (non-hydrogen) atoms. The van der Waals surface area contributed by atoms with Crippen molar-refractivity contribution in [3.05, 3.63) is 52.8 Å². The van der Waals surface area contributed by atoms with Crippen LogP contribution < -0.4 is 0 Å². The van der Waals surface area contributed by atoms with Crippen molar-refractivity contribution < 1.29 is 5.11 Å². The third-order valence-electron chi connectivity index (χ3n) is 3.73. The Kier molecular flexibility index (Phi) is 4.96. The zero-order valence-corrected chi connectivity index (χ0v) is 12.6. The fraction of sp³-hybridized carbons (Fsp3) is 0.471. The molecule has 0 bridgehead atoms. The van der Waals surface area contributed by atoms with Gasteiger partial charge in [0.05, 0.1) is 17.5 Å². The first-order valence-electron chi connectivity index (χ1n) is 7.50. The van der Waals surface area contributed by atoms with E-state index in [1.807, 2.05) is 10.7 Å². The number of aliphatic hydroxyl groups is 1. The van der Waals surface area contributed by atoms with Crippen LogP contribution in [0.3, 0.4) is 0 Å². The van der Waals surface area contributed by atoms with Gasteiger partial charge in [0.25, 0.3) is 0 Å². The Balaban J connectivity index is 2.14. The lowest BCUT2D eigenvalue weighted by Gasteiger charge is -2.12. The zero-order chi connectivity index (χ0) is 14.5. The molecule has 0 aliphatic carbocycles. The first-order valence-corrected chi connectivity index (χ1v) is 7.50. The van der Waals surface area contributed by atoms with Crippen molar-refractivity contribution in [1.29, 1.82) is 0 Å². The highest BCUT2D eigenvalue weighted by atomic mass is 16.3. The number of hydrogen-bond donors (Lipinski definition) is 1. The Morgan fingerprint density at radius 1 is 1.05 bits per heavy atom. The van der Waals surface area contributed by atoms with Gasteiger partial charge in [-0.15, -0.1) is 0 Å². The van der Waals surface area contributed by atoms with E-state index in [0.29, 0.717) is 6.42 Å². The number of aliphatic hydroxyl groups excluding tert-OH is 1. The topological polar surface area (TPSA) is 38.1 Å². The van der Waals surface area contributed by atoms with Gasteiger partial charge in [-0.2, -0.15) is 5.10 Å². The SMILES string of the molecule is CCc1ccc(CC(O)c2cc(CC)nn2CC)cc1. The Morgan fingerprint density at radius 2 is 1.70 bits per heavy atom. The normalized spacial score (nSPS) is 12.6. The maximum atomic E-state index is 10.5. The highest BCUT2D eigenvalue weighted by molar-refractivity contribution is 5.24. The van der Waals surface area contributed by atoms with Crippen LogP contribution in [0.5, 0.6) is 0 Å². The van der Waals surface area contributed by atoms with Crippen LogP contribution >= 0.6 is 0 Å². The molecule has 0 spiro atoms. The highest BCUT2D eigenvalue weighted by Crippen LogP contribution is 2.20. The summed E-state index contributed by atoms with van der Waals surface area (Å²) < 4.78 is 1.91. The molecule has 0 radical (unpaired) electrons. The Labute approximate surface area is 121 Å². The van der Waals surface area contributed by atoms with Crippen LogP contribution in [0, 0.1) is 0 Å². The van der Waals surface area contributed by atoms with Gasteiger partial charge < -0.3 is 5.11 Å². The summed E-state index contributed by atoms with van der Waals surface area (Å²) in [6.07, 6.45) is 2.09. The van der Waals surface area contributed by atoms with E-state index >= 15 is 0 Å². The molecule has 3 nitrogen and oxygen atoms in total. The van der Waals surface area contributed by atoms with Gasteiger partial charge in [0, 0.05) is 13.0 Å². The fourth-order valence-electron chi connectivity index (χ4n) is 2.42. The average molecular weight is 272 g/mol. The summed E-state index contributed by atoms with van der Waals surface area (Å²) in [6.45, 7) is 7.08. The van der Waals surface area contributed by atoms with Crippen LogP contribution in [0.1, 0.15) is 49.4 Å². The highest BCUT2D eigenvalue weighted by Gasteiger charge is 2.15. The third-order valence-corrected chi connectivity index (χ3v) is 3.73. The Morgan fingerprint density at radius 3 is 2.25 bits per heavy atom. The van der Waals surface area contributed by atoms with Gasteiger partial charge in [-0.3, -0.25) is 4.68 Å². The van der Waals surface area contributed by atoms with Crippen molar-refractivity contribution in [2.45, 2.75) is 52.7 Å². The van der Waals surface area contributed by atoms with E-state index in [4.69, 9.17) is 0 Å². The summed E-state index contributed by atoms with van der Waals surface area (Å²) in [6, 6.07) is 10.5. The second-order valence-electron chi connectivity index (χ2n) is 5.12. The lowest BCUT2D eigenvalue weighted by molar-refractivity contribution is 0.167. The molecule has 1 atom stereocenters. The molecule has 1 N–H and O–H groups in total. The first-order chi connectivity index (χ1) is 9.67. The lowest BCUT2D eigenvalue weighted by atomic mass is 10.0. The molecule has 1 aromatic heterocycles. The lowest BCUT2D eigenvalue weighted by Crippen LogP contribution is -2.10. The minimum atomic E-state index is -0.491. The monoisotopic (exact) mass is 272 g/mol. The van der Waals surface area contributed by atoms with Gasteiger partial charge in [0.1, 0.15) is 0 Å². The number of nitrogens with zero attached hydrogens (tertiary/aromatic N) is 2. The number of benzene rings is 1. The molecular weight excluding hydrogens is 248 g/mol. The van der Waals surface area contributed by atoms with Crippen LogP contribution in [0.15, 0.2) is 30.3 Å². The fourth-order valence-corrected chi connectivity index (χ4v) is 2.42. The van der Waals surface area contributed by atoms with E-state index in [0.717, 1.165) is 36.3 Å². The third kappa shape index (κ3) is 3.28. The maximum Gasteiger partial charge on any atom is 0.0996 e. The molecule has 2 aromatic rings. The predicted octanol–water partition coefficient (Wildman–Crippen LogP) is 3.30. The van der Waals surface area contributed by atoms with Gasteiger partial charge in [-0.1, -0.05) is 38.1 Å². The molecule has 0 saturated carbocycles. The van der Waals surface area contributed by atoms with Crippen molar-refractivity contribution in [3.8, 4) is 0 Å². The molecule has 1 unspecified atom stereocenters. The molecule has 0 aliphatic rings. The van der Waals surface area contributed by atoms with E-state index < -0.39 is 6.10 Å². The molecular formula is C17H24N2O. The smallest absolute Gasteiger partial charge is 0.0996 e. The Hall–Kier alpha value is -1.61. The number of aromatic nitrogens is 2. The van der Waals surface area contributed by atoms with E-state index in [9.17, 15) is 5.11 Å². The van der Waals surface area contributed by atoms with Crippen molar-refractivity contribution in [2.24, 2.45) is 0 Å². The first kappa shape index (κ1) is 14.8. The van der Waals surface area contributed by atoms with E-state index in [-0.39, 0.29) is 0 Å². The van der Waals surface area contributed by atoms with Crippen LogP contribution in [-0.2, 0) is 25.8 Å². The summed E-state index contributed by atoms with van der Waals surface area (Å²) >= 11 is 0. The number of rotatable bonds is 6. The summed E-state index contributed by atoms with van der Waals surface area (Å²) in [7, 11) is 0. The van der Waals surface area contributed by atoms with E-state index in [2.05, 4.69) is 50.1 Å². The molecule has 0 aliphatic heterocycles. The predicted molar refractivity (Wildman–Crippen MR) is 81.8 cm³/mol. The van der Waals surface area contributed by atoms with Gasteiger partial charge in [-0.25, -0.2) is 0 Å². The molecule has 0 amide bonds. The van der Waals surface area contributed by atoms with Gasteiger partial charge in [0.15, 0.2) is 0 Å². The second kappa shape index (κ2) is 6.71. The molecule has 108 valence electrons. The minimum Gasteiger partial charge on any atom is -0.386 e. The summed E-state index contributed by atoms with van der Waals surface area (Å²) in [5.41, 5.74) is 4.46. The van der Waals surface area contributed by atoms with Crippen molar-refractivity contribution in [3.63, 3.8) is 0 Å². The summed E-state index contributed by atoms with van der Waals surface area (Å²) in [5.74, 6) is 0. The van der Waals surface area contributed by atoms with Crippen LogP contribution in [0.25, 0.3) is 0 Å². The van der Waals surface area contributed by atoms with Gasteiger partial charge in [0.2, 0.25) is 0 Å². The molecule has 1 aromatic carbocycles. The van der Waals surface area contributed by atoms with Crippen molar-refractivity contribution in [1.82, 2.24) is 9.78 Å². The van der Waals surface area contributed by atoms with Crippen LogP contribution in [0.2, 0.25) is 0 Å². The number of aryl methyl sites for hydroxylation is 3. The summed E-state index contributed by atoms with van der Waals surface area (Å²) in [4.78, 5) is 0. The largest absolute Gasteiger partial charge is 0.386 e. The summed E-state index contributed by atoms with van der Waals surface area (Å²) in [5, 5.41) is 15.0.